The Morgan fingerprint density at radius 3 is 0.594 bits per heavy atom. The molecule has 0 saturated carbocycles. The molecule has 0 unspecified atom stereocenters. The summed E-state index contributed by atoms with van der Waals surface area (Å²) in [6.07, 6.45) is 0. The molecule has 0 N–H and O–H groups in total. The molecule has 0 nitrogen and oxygen atoms in total. The van der Waals surface area contributed by atoms with Crippen LogP contribution in [0, 0.1) is 0 Å². The summed E-state index contributed by atoms with van der Waals surface area (Å²) in [4.78, 5) is 3.59. The second-order valence-electron chi connectivity index (χ2n) is 6.86. The summed E-state index contributed by atoms with van der Waals surface area (Å²) in [5.74, 6) is 0. The molecule has 0 amide bonds. The lowest BCUT2D eigenvalue weighted by molar-refractivity contribution is 1.63. The van der Waals surface area contributed by atoms with Crippen molar-refractivity contribution in [3.63, 3.8) is 0 Å². The van der Waals surface area contributed by atoms with Gasteiger partial charge in [-0.2, -0.15) is 0 Å². The van der Waals surface area contributed by atoms with Crippen molar-refractivity contribution in [2.45, 2.75) is 0 Å². The van der Waals surface area contributed by atoms with Crippen LogP contribution in [0.3, 0.4) is 0 Å². The fourth-order valence-electron chi connectivity index (χ4n) is 2.93. The quantitative estimate of drug-likeness (QED) is 0.160. The number of hydrogen-bond donors (Lipinski definition) is 4. The molecule has 160 valence electrons. The molecule has 4 heteroatoms. The Kier molecular flexibility index (Phi) is 9.69. The van der Waals surface area contributed by atoms with E-state index in [0.717, 1.165) is 41.9 Å². The van der Waals surface area contributed by atoms with E-state index in [0.29, 0.717) is 0 Å². The predicted octanol–water partition coefficient (Wildman–Crippen LogP) is 8.74. The van der Waals surface area contributed by atoms with E-state index in [9.17, 15) is 0 Å². The average Bonchev–Trinajstić information content (AvgIpc) is 2.89. The topological polar surface area (TPSA) is 0 Å². The van der Waals surface area contributed by atoms with Crippen molar-refractivity contribution in [1.29, 1.82) is 0 Å². The highest BCUT2D eigenvalue weighted by atomic mass is 32.1. The number of hydrogen-bond acceptors (Lipinski definition) is 4. The van der Waals surface area contributed by atoms with Gasteiger partial charge in [-0.3, -0.25) is 0 Å². The van der Waals surface area contributed by atoms with Gasteiger partial charge in [0, 0.05) is 19.6 Å². The lowest BCUT2D eigenvalue weighted by Crippen LogP contribution is -1.81. The maximum atomic E-state index is 4.53. The van der Waals surface area contributed by atoms with Gasteiger partial charge in [-0.25, -0.2) is 0 Å². The Balaban J connectivity index is 0.000000181. The highest BCUT2D eigenvalue weighted by Crippen LogP contribution is 2.32. The molecule has 4 aromatic rings. The number of rotatable bonds is 4. The zero-order chi connectivity index (χ0) is 22.8. The number of thiol groups is 4. The third-order valence-corrected chi connectivity index (χ3v) is 6.92. The second kappa shape index (κ2) is 12.7. The minimum Gasteiger partial charge on any atom is -0.142 e. The van der Waals surface area contributed by atoms with Crippen molar-refractivity contribution in [2.75, 3.05) is 0 Å². The largest absolute Gasteiger partial charge is 0.142 e. The fraction of sp³-hybridized carbons (Fsp3) is 0. The predicted molar refractivity (Wildman–Crippen MR) is 155 cm³/mol. The zero-order valence-corrected chi connectivity index (χ0v) is 20.9. The molecule has 0 aliphatic heterocycles. The molecule has 0 aliphatic rings. The molecule has 0 saturated heterocycles. The van der Waals surface area contributed by atoms with E-state index in [4.69, 9.17) is 0 Å². The Hall–Kier alpha value is -2.24. The molecule has 4 rings (SSSR count). The van der Waals surface area contributed by atoms with E-state index in [-0.39, 0.29) is 0 Å². The normalized spacial score (nSPS) is 12.1. The van der Waals surface area contributed by atoms with E-state index in [2.05, 4.69) is 50.5 Å². The molecule has 0 aliphatic carbocycles. The first-order valence-electron chi connectivity index (χ1n) is 10.0. The van der Waals surface area contributed by atoms with Crippen LogP contribution in [0.5, 0.6) is 0 Å². The molecule has 0 aromatic heterocycles. The summed E-state index contributed by atoms with van der Waals surface area (Å²) >= 11 is 18.1. The van der Waals surface area contributed by atoms with Crippen molar-refractivity contribution >= 4 is 70.1 Å². The van der Waals surface area contributed by atoms with Crippen LogP contribution in [0.15, 0.2) is 121 Å². The van der Waals surface area contributed by atoms with Crippen LogP contribution in [0.2, 0.25) is 0 Å². The molecular formula is C28H24S4. The highest BCUT2D eigenvalue weighted by Gasteiger charge is 2.04. The molecule has 0 atom stereocenters. The Bertz CT molecular complexity index is 975. The summed E-state index contributed by atoms with van der Waals surface area (Å²) < 4.78 is 0. The Labute approximate surface area is 212 Å². The van der Waals surface area contributed by atoms with Gasteiger partial charge in [0.15, 0.2) is 0 Å². The van der Waals surface area contributed by atoms with E-state index in [1.165, 1.54) is 0 Å². The highest BCUT2D eigenvalue weighted by molar-refractivity contribution is 7.97. The fourth-order valence-corrected chi connectivity index (χ4v) is 4.04. The van der Waals surface area contributed by atoms with E-state index in [1.807, 2.05) is 121 Å². The molecule has 32 heavy (non-hydrogen) atoms. The second-order valence-corrected chi connectivity index (χ2v) is 8.65. The summed E-state index contributed by atoms with van der Waals surface area (Å²) in [6, 6.07) is 40.2. The smallest absolute Gasteiger partial charge is 0.0253 e. The third kappa shape index (κ3) is 6.88. The van der Waals surface area contributed by atoms with Crippen molar-refractivity contribution < 1.29 is 0 Å². The van der Waals surface area contributed by atoms with E-state index < -0.39 is 0 Å². The van der Waals surface area contributed by atoms with Crippen LogP contribution in [0.4, 0.5) is 0 Å². The first-order valence-corrected chi connectivity index (χ1v) is 11.8. The van der Waals surface area contributed by atoms with Gasteiger partial charge in [0.1, 0.15) is 0 Å². The summed E-state index contributed by atoms with van der Waals surface area (Å²) in [5, 5.41) is 0. The van der Waals surface area contributed by atoms with Gasteiger partial charge in [-0.05, 0) is 22.3 Å². The van der Waals surface area contributed by atoms with Crippen LogP contribution >= 0.6 is 50.5 Å². The van der Waals surface area contributed by atoms with Crippen LogP contribution in [-0.2, 0) is 0 Å². The Morgan fingerprint density at radius 1 is 0.281 bits per heavy atom. The van der Waals surface area contributed by atoms with Gasteiger partial charge in [-0.1, -0.05) is 121 Å². The van der Waals surface area contributed by atoms with Gasteiger partial charge < -0.3 is 0 Å². The lowest BCUT2D eigenvalue weighted by atomic mass is 10.1. The van der Waals surface area contributed by atoms with Gasteiger partial charge in [0.05, 0.1) is 0 Å². The molecular weight excluding hydrogens is 465 g/mol. The van der Waals surface area contributed by atoms with E-state index in [1.54, 1.807) is 0 Å². The maximum absolute atomic E-state index is 4.53. The molecule has 0 heterocycles. The number of benzene rings is 4. The zero-order valence-electron chi connectivity index (χ0n) is 17.3. The third-order valence-electron chi connectivity index (χ3n) is 4.64. The molecule has 0 bridgehead atoms. The van der Waals surface area contributed by atoms with Crippen LogP contribution in [-0.4, -0.2) is 0 Å². The average molecular weight is 489 g/mol. The summed E-state index contributed by atoms with van der Waals surface area (Å²) in [5.41, 5.74) is 4.33. The summed E-state index contributed by atoms with van der Waals surface area (Å²) in [6.45, 7) is 0. The minimum atomic E-state index is 0.898. The van der Waals surface area contributed by atoms with Gasteiger partial charge in [0.25, 0.3) is 0 Å². The van der Waals surface area contributed by atoms with Crippen molar-refractivity contribution in [1.82, 2.24) is 0 Å². The van der Waals surface area contributed by atoms with Crippen LogP contribution in [0.25, 0.3) is 19.6 Å². The minimum absolute atomic E-state index is 0.898. The van der Waals surface area contributed by atoms with E-state index >= 15 is 0 Å². The standard InChI is InChI=1S/2C14H12S2/c2*15-13(11-7-3-1-4-8-11)14(16)12-9-5-2-6-10-12/h2*1-10,15-16H/b2*14-13-. The van der Waals surface area contributed by atoms with Gasteiger partial charge >= 0.3 is 0 Å². The first kappa shape index (κ1) is 24.4. The monoisotopic (exact) mass is 488 g/mol. The maximum Gasteiger partial charge on any atom is 0.0253 e. The summed E-state index contributed by atoms with van der Waals surface area (Å²) in [7, 11) is 0. The first-order chi connectivity index (χ1) is 15.6. The Morgan fingerprint density at radius 2 is 0.438 bits per heavy atom. The van der Waals surface area contributed by atoms with Crippen molar-refractivity contribution in [3.05, 3.63) is 144 Å². The van der Waals surface area contributed by atoms with Crippen LogP contribution in [0.1, 0.15) is 22.3 Å². The molecule has 4 aromatic carbocycles. The van der Waals surface area contributed by atoms with Crippen molar-refractivity contribution in [2.24, 2.45) is 0 Å². The molecule has 0 radical (unpaired) electrons. The van der Waals surface area contributed by atoms with Gasteiger partial charge in [-0.15, -0.1) is 50.5 Å². The van der Waals surface area contributed by atoms with Gasteiger partial charge in [0.2, 0.25) is 0 Å². The van der Waals surface area contributed by atoms with Crippen LogP contribution < -0.4 is 0 Å². The molecule has 0 fully saturated rings. The SMILES string of the molecule is S/C(=C(\S)c1ccccc1)c1ccccc1.S/C(=C(\S)c1ccccc1)c1ccccc1. The molecule has 0 spiro atoms. The lowest BCUT2D eigenvalue weighted by Gasteiger charge is -2.06. The van der Waals surface area contributed by atoms with Crippen molar-refractivity contribution in [3.8, 4) is 0 Å².